The summed E-state index contributed by atoms with van der Waals surface area (Å²) in [6, 6.07) is 23.6. The van der Waals surface area contributed by atoms with E-state index in [0.29, 0.717) is 19.6 Å². The molecule has 0 aliphatic carbocycles. The molecule has 0 aromatic heterocycles. The Bertz CT molecular complexity index is 1130. The minimum Gasteiger partial charge on any atom is -0.489 e. The van der Waals surface area contributed by atoms with Crippen molar-refractivity contribution in [3.63, 3.8) is 0 Å². The van der Waals surface area contributed by atoms with Crippen LogP contribution >= 0.6 is 0 Å². The van der Waals surface area contributed by atoms with Crippen molar-refractivity contribution >= 4 is 15.9 Å². The van der Waals surface area contributed by atoms with Crippen LogP contribution in [-0.4, -0.2) is 41.1 Å². The van der Waals surface area contributed by atoms with Crippen LogP contribution in [0.5, 0.6) is 5.75 Å². The normalized spacial score (nSPS) is 11.2. The summed E-state index contributed by atoms with van der Waals surface area (Å²) in [4.78, 5) is 12.5. The van der Waals surface area contributed by atoms with Crippen molar-refractivity contribution in [1.29, 1.82) is 0 Å². The average Bonchev–Trinajstić information content (AvgIpc) is 2.84. The molecule has 0 aliphatic heterocycles. The number of sulfonamides is 1. The van der Waals surface area contributed by atoms with Crippen molar-refractivity contribution in [1.82, 2.24) is 10.0 Å². The van der Waals surface area contributed by atoms with Crippen LogP contribution in [0, 0.1) is 0 Å². The second-order valence-corrected chi connectivity index (χ2v) is 9.11. The number of amides is 1. The molecular formula is C25H28N2O5S. The maximum atomic E-state index is 12.5. The van der Waals surface area contributed by atoms with Crippen LogP contribution in [-0.2, 0) is 27.8 Å². The zero-order valence-electron chi connectivity index (χ0n) is 18.5. The monoisotopic (exact) mass is 468 g/mol. The Balaban J connectivity index is 1.48. The fourth-order valence-electron chi connectivity index (χ4n) is 3.08. The van der Waals surface area contributed by atoms with Gasteiger partial charge >= 0.3 is 0 Å². The number of nitrogens with one attached hydrogen (secondary N) is 2. The maximum absolute atomic E-state index is 12.5. The molecule has 33 heavy (non-hydrogen) atoms. The standard InChI is InChI=1S/C25H28N2O5S/c1-31-17-16-27-33(29,30)24-9-5-8-22(18-24)25(28)26-15-14-20-10-12-23(13-11-20)32-19-21-6-3-2-4-7-21/h2-13,18,27H,14-17,19H2,1H3,(H,26,28). The average molecular weight is 469 g/mol. The third kappa shape index (κ3) is 7.71. The lowest BCUT2D eigenvalue weighted by Crippen LogP contribution is -2.28. The summed E-state index contributed by atoms with van der Waals surface area (Å²) >= 11 is 0. The molecule has 8 heteroatoms. The minimum absolute atomic E-state index is 0.0392. The minimum atomic E-state index is -3.70. The van der Waals surface area contributed by atoms with Crippen molar-refractivity contribution < 1.29 is 22.7 Å². The highest BCUT2D eigenvalue weighted by Crippen LogP contribution is 2.15. The molecule has 0 spiro atoms. The van der Waals surface area contributed by atoms with E-state index >= 15 is 0 Å². The molecule has 3 aromatic rings. The second kappa shape index (κ2) is 12.2. The van der Waals surface area contributed by atoms with E-state index in [1.54, 1.807) is 12.1 Å². The quantitative estimate of drug-likeness (QED) is 0.398. The number of carbonyl (C=O) groups excluding carboxylic acids is 1. The van der Waals surface area contributed by atoms with Crippen LogP contribution < -0.4 is 14.8 Å². The fourth-order valence-corrected chi connectivity index (χ4v) is 4.14. The van der Waals surface area contributed by atoms with Crippen molar-refractivity contribution in [3.8, 4) is 5.75 Å². The summed E-state index contributed by atoms with van der Waals surface area (Å²) in [5.74, 6) is 0.454. The Kier molecular flexibility index (Phi) is 9.00. The number of rotatable bonds is 12. The van der Waals surface area contributed by atoms with Gasteiger partial charge in [0.25, 0.3) is 5.91 Å². The lowest BCUT2D eigenvalue weighted by Gasteiger charge is -2.10. The van der Waals surface area contributed by atoms with Gasteiger partial charge in [0.2, 0.25) is 10.0 Å². The van der Waals surface area contributed by atoms with Gasteiger partial charge in [0.05, 0.1) is 11.5 Å². The lowest BCUT2D eigenvalue weighted by molar-refractivity contribution is 0.0954. The first-order valence-corrected chi connectivity index (χ1v) is 12.1. The van der Waals surface area contributed by atoms with Crippen LogP contribution in [0.4, 0.5) is 0 Å². The van der Waals surface area contributed by atoms with Crippen LogP contribution in [0.1, 0.15) is 21.5 Å². The van der Waals surface area contributed by atoms with E-state index in [1.807, 2.05) is 54.6 Å². The Morgan fingerprint density at radius 1 is 0.879 bits per heavy atom. The summed E-state index contributed by atoms with van der Waals surface area (Å²) in [7, 11) is -2.21. The molecular weight excluding hydrogens is 440 g/mol. The summed E-state index contributed by atoms with van der Waals surface area (Å²) < 4.78 is 37.7. The van der Waals surface area contributed by atoms with Gasteiger partial charge in [-0.05, 0) is 47.9 Å². The van der Waals surface area contributed by atoms with Crippen LogP contribution in [0.2, 0.25) is 0 Å². The Hall–Kier alpha value is -3.20. The zero-order chi connectivity index (χ0) is 23.5. The summed E-state index contributed by atoms with van der Waals surface area (Å²) in [5.41, 5.74) is 2.45. The van der Waals surface area contributed by atoms with Crippen molar-refractivity contribution in [3.05, 3.63) is 95.6 Å². The highest BCUT2D eigenvalue weighted by atomic mass is 32.2. The highest BCUT2D eigenvalue weighted by molar-refractivity contribution is 7.89. The maximum Gasteiger partial charge on any atom is 0.251 e. The van der Waals surface area contributed by atoms with Crippen molar-refractivity contribution in [2.24, 2.45) is 0 Å². The summed E-state index contributed by atoms with van der Waals surface area (Å²) in [6.45, 7) is 1.35. The van der Waals surface area contributed by atoms with Gasteiger partial charge in [0.1, 0.15) is 12.4 Å². The predicted octanol–water partition coefficient (Wildman–Crippen LogP) is 3.16. The molecule has 0 unspecified atom stereocenters. The topological polar surface area (TPSA) is 93.7 Å². The predicted molar refractivity (Wildman–Crippen MR) is 127 cm³/mol. The van der Waals surface area contributed by atoms with E-state index in [2.05, 4.69) is 10.0 Å². The molecule has 3 aromatic carbocycles. The molecule has 0 bridgehead atoms. The van der Waals surface area contributed by atoms with E-state index in [9.17, 15) is 13.2 Å². The molecule has 0 atom stereocenters. The van der Waals surface area contributed by atoms with Gasteiger partial charge in [-0.3, -0.25) is 4.79 Å². The molecule has 174 valence electrons. The first-order valence-electron chi connectivity index (χ1n) is 10.6. The number of carbonyl (C=O) groups is 1. The molecule has 0 fully saturated rings. The number of hydrogen-bond acceptors (Lipinski definition) is 5. The summed E-state index contributed by atoms with van der Waals surface area (Å²) in [5, 5.41) is 2.83. The Labute approximate surface area is 194 Å². The highest BCUT2D eigenvalue weighted by Gasteiger charge is 2.15. The molecule has 2 N–H and O–H groups in total. The van der Waals surface area contributed by atoms with E-state index in [4.69, 9.17) is 9.47 Å². The van der Waals surface area contributed by atoms with Crippen molar-refractivity contribution in [2.75, 3.05) is 26.8 Å². The molecule has 0 saturated carbocycles. The van der Waals surface area contributed by atoms with Gasteiger partial charge in [0.15, 0.2) is 0 Å². The number of methoxy groups -OCH3 is 1. The van der Waals surface area contributed by atoms with E-state index in [-0.39, 0.29) is 29.5 Å². The van der Waals surface area contributed by atoms with E-state index < -0.39 is 10.0 Å². The third-order valence-corrected chi connectivity index (χ3v) is 6.33. The second-order valence-electron chi connectivity index (χ2n) is 7.34. The zero-order valence-corrected chi connectivity index (χ0v) is 19.3. The first-order chi connectivity index (χ1) is 16.0. The molecule has 0 saturated heterocycles. The van der Waals surface area contributed by atoms with E-state index in [0.717, 1.165) is 16.9 Å². The van der Waals surface area contributed by atoms with Crippen LogP contribution in [0.3, 0.4) is 0 Å². The first kappa shape index (κ1) is 24.4. The van der Waals surface area contributed by atoms with Crippen molar-refractivity contribution in [2.45, 2.75) is 17.9 Å². The number of ether oxygens (including phenoxy) is 2. The summed E-state index contributed by atoms with van der Waals surface area (Å²) in [6.07, 6.45) is 0.640. The third-order valence-electron chi connectivity index (χ3n) is 4.88. The molecule has 0 aliphatic rings. The van der Waals surface area contributed by atoms with Gasteiger partial charge < -0.3 is 14.8 Å². The molecule has 7 nitrogen and oxygen atoms in total. The van der Waals surface area contributed by atoms with Crippen LogP contribution in [0.25, 0.3) is 0 Å². The lowest BCUT2D eigenvalue weighted by atomic mass is 10.1. The Morgan fingerprint density at radius 2 is 1.64 bits per heavy atom. The number of benzene rings is 3. The smallest absolute Gasteiger partial charge is 0.251 e. The van der Waals surface area contributed by atoms with Gasteiger partial charge in [-0.15, -0.1) is 0 Å². The van der Waals surface area contributed by atoms with Gasteiger partial charge in [-0.2, -0.15) is 0 Å². The van der Waals surface area contributed by atoms with Gasteiger partial charge in [0, 0.05) is 25.8 Å². The SMILES string of the molecule is COCCNS(=O)(=O)c1cccc(C(=O)NCCc2ccc(OCc3ccccc3)cc2)c1. The number of hydrogen-bond donors (Lipinski definition) is 2. The van der Waals surface area contributed by atoms with Gasteiger partial charge in [-0.25, -0.2) is 13.1 Å². The fraction of sp³-hybridized carbons (Fsp3) is 0.240. The molecule has 0 heterocycles. The molecule has 3 rings (SSSR count). The van der Waals surface area contributed by atoms with Gasteiger partial charge in [-0.1, -0.05) is 48.5 Å². The molecule has 1 amide bonds. The van der Waals surface area contributed by atoms with Crippen LogP contribution in [0.15, 0.2) is 83.8 Å². The molecule has 0 radical (unpaired) electrons. The van der Waals surface area contributed by atoms with E-state index in [1.165, 1.54) is 19.2 Å². The Morgan fingerprint density at radius 3 is 2.36 bits per heavy atom. The largest absolute Gasteiger partial charge is 0.489 e.